The Balaban J connectivity index is 2.19. The molecule has 2 aromatic rings. The molecule has 0 amide bonds. The number of carbonyl (C=O) groups excluding carboxylic acids is 1. The van der Waals surface area contributed by atoms with Crippen LogP contribution in [0.5, 0.6) is 0 Å². The molecule has 0 spiro atoms. The summed E-state index contributed by atoms with van der Waals surface area (Å²) in [5.41, 5.74) is 6.77. The third-order valence-corrected chi connectivity index (χ3v) is 2.82. The summed E-state index contributed by atoms with van der Waals surface area (Å²) in [7, 11) is 0. The smallest absolute Gasteiger partial charge is 0.340 e. The first-order valence-electron chi connectivity index (χ1n) is 6.51. The molecule has 21 heavy (non-hydrogen) atoms. The fraction of sp³-hybridized carbons (Fsp3) is 0.200. The van der Waals surface area contributed by atoms with E-state index in [1.807, 2.05) is 12.1 Å². The van der Waals surface area contributed by atoms with Crippen molar-refractivity contribution in [3.05, 3.63) is 53.6 Å². The van der Waals surface area contributed by atoms with Crippen molar-refractivity contribution in [2.45, 2.75) is 13.5 Å². The van der Waals surface area contributed by atoms with Crippen LogP contribution in [0.15, 0.2) is 36.5 Å². The molecule has 6 heteroatoms. The van der Waals surface area contributed by atoms with E-state index >= 15 is 0 Å². The standard InChI is InChI=1S/C15H16FN3O2/c1-2-21-15(20)11-7-14(12(16)8-13(11)17)19-9-10-5-3-4-6-18-10/h3-8,19H,2,9,17H2,1H3. The predicted molar refractivity (Wildman–Crippen MR) is 78.3 cm³/mol. The van der Waals surface area contributed by atoms with Gasteiger partial charge in [-0.3, -0.25) is 4.98 Å². The molecule has 0 radical (unpaired) electrons. The zero-order chi connectivity index (χ0) is 15.2. The number of carbonyl (C=O) groups is 1. The maximum Gasteiger partial charge on any atom is 0.340 e. The molecule has 1 aromatic heterocycles. The average Bonchev–Trinajstić information content (AvgIpc) is 2.47. The molecule has 110 valence electrons. The minimum atomic E-state index is -0.573. The van der Waals surface area contributed by atoms with Crippen molar-refractivity contribution in [1.29, 1.82) is 0 Å². The Labute approximate surface area is 121 Å². The summed E-state index contributed by atoms with van der Waals surface area (Å²) in [6.45, 7) is 2.26. The van der Waals surface area contributed by atoms with Crippen LogP contribution in [0, 0.1) is 5.82 Å². The van der Waals surface area contributed by atoms with E-state index < -0.39 is 11.8 Å². The Hall–Kier alpha value is -2.63. The first kappa shape index (κ1) is 14.8. The summed E-state index contributed by atoms with van der Waals surface area (Å²) in [6, 6.07) is 7.91. The lowest BCUT2D eigenvalue weighted by atomic mass is 10.1. The lowest BCUT2D eigenvalue weighted by Gasteiger charge is -2.11. The number of hydrogen-bond acceptors (Lipinski definition) is 5. The number of benzene rings is 1. The lowest BCUT2D eigenvalue weighted by molar-refractivity contribution is 0.0527. The zero-order valence-corrected chi connectivity index (χ0v) is 11.6. The average molecular weight is 289 g/mol. The highest BCUT2D eigenvalue weighted by Gasteiger charge is 2.15. The number of rotatable bonds is 5. The third-order valence-electron chi connectivity index (χ3n) is 2.82. The van der Waals surface area contributed by atoms with E-state index in [-0.39, 0.29) is 23.5 Å². The van der Waals surface area contributed by atoms with Crippen LogP contribution in [0.3, 0.4) is 0 Å². The molecule has 0 aliphatic carbocycles. The van der Waals surface area contributed by atoms with Crippen LogP contribution >= 0.6 is 0 Å². The Morgan fingerprint density at radius 3 is 2.90 bits per heavy atom. The molecule has 1 aromatic carbocycles. The number of nitrogen functional groups attached to an aromatic ring is 1. The van der Waals surface area contributed by atoms with Gasteiger partial charge >= 0.3 is 5.97 Å². The van der Waals surface area contributed by atoms with Crippen LogP contribution in [0.4, 0.5) is 15.8 Å². The van der Waals surface area contributed by atoms with Crippen LogP contribution in [0.25, 0.3) is 0 Å². The number of nitrogens with two attached hydrogens (primary N) is 1. The molecule has 0 saturated heterocycles. The number of hydrogen-bond donors (Lipinski definition) is 2. The van der Waals surface area contributed by atoms with E-state index in [0.717, 1.165) is 11.8 Å². The van der Waals surface area contributed by atoms with Crippen molar-refractivity contribution < 1.29 is 13.9 Å². The number of esters is 1. The third kappa shape index (κ3) is 3.68. The molecule has 5 nitrogen and oxygen atoms in total. The Morgan fingerprint density at radius 2 is 2.24 bits per heavy atom. The lowest BCUT2D eigenvalue weighted by Crippen LogP contribution is -2.11. The molecule has 0 bridgehead atoms. The summed E-state index contributed by atoms with van der Waals surface area (Å²) in [4.78, 5) is 15.9. The summed E-state index contributed by atoms with van der Waals surface area (Å²) < 4.78 is 18.8. The summed E-state index contributed by atoms with van der Waals surface area (Å²) in [6.07, 6.45) is 1.65. The number of pyridine rings is 1. The second kappa shape index (κ2) is 6.69. The van der Waals surface area contributed by atoms with E-state index in [1.54, 1.807) is 19.2 Å². The normalized spacial score (nSPS) is 10.2. The monoisotopic (exact) mass is 289 g/mol. The predicted octanol–water partition coefficient (Wildman–Crippen LogP) is 2.59. The van der Waals surface area contributed by atoms with Crippen molar-refractivity contribution >= 4 is 17.3 Å². The van der Waals surface area contributed by atoms with Gasteiger partial charge in [0.1, 0.15) is 5.82 Å². The van der Waals surface area contributed by atoms with Gasteiger partial charge in [0.05, 0.1) is 30.1 Å². The molecular weight excluding hydrogens is 273 g/mol. The van der Waals surface area contributed by atoms with Gasteiger partial charge in [-0.25, -0.2) is 9.18 Å². The zero-order valence-electron chi connectivity index (χ0n) is 11.6. The highest BCUT2D eigenvalue weighted by atomic mass is 19.1. The number of aromatic nitrogens is 1. The molecule has 0 atom stereocenters. The topological polar surface area (TPSA) is 77.2 Å². The summed E-state index contributed by atoms with van der Waals surface area (Å²) >= 11 is 0. The van der Waals surface area contributed by atoms with Gasteiger partial charge in [-0.2, -0.15) is 0 Å². The van der Waals surface area contributed by atoms with Gasteiger partial charge in [0.2, 0.25) is 0 Å². The number of nitrogens with zero attached hydrogens (tertiary/aromatic N) is 1. The minimum absolute atomic E-state index is 0.0503. The van der Waals surface area contributed by atoms with Gasteiger partial charge < -0.3 is 15.8 Å². The van der Waals surface area contributed by atoms with Gasteiger partial charge in [-0.15, -0.1) is 0 Å². The molecule has 0 unspecified atom stereocenters. The molecule has 0 aliphatic heterocycles. The van der Waals surface area contributed by atoms with Crippen molar-refractivity contribution in [2.24, 2.45) is 0 Å². The summed E-state index contributed by atoms with van der Waals surface area (Å²) in [5.74, 6) is -1.10. The second-order valence-electron chi connectivity index (χ2n) is 4.31. The van der Waals surface area contributed by atoms with Crippen LogP contribution in [-0.2, 0) is 11.3 Å². The van der Waals surface area contributed by atoms with E-state index in [2.05, 4.69) is 10.3 Å². The van der Waals surface area contributed by atoms with Gasteiger partial charge in [-0.1, -0.05) is 6.07 Å². The van der Waals surface area contributed by atoms with Crippen LogP contribution < -0.4 is 11.1 Å². The Kier molecular flexibility index (Phi) is 4.71. The Morgan fingerprint density at radius 1 is 1.43 bits per heavy atom. The minimum Gasteiger partial charge on any atom is -0.462 e. The molecular formula is C15H16FN3O2. The van der Waals surface area contributed by atoms with Gasteiger partial charge in [0.25, 0.3) is 0 Å². The maximum absolute atomic E-state index is 13.9. The highest BCUT2D eigenvalue weighted by Crippen LogP contribution is 2.23. The first-order chi connectivity index (χ1) is 10.1. The second-order valence-corrected chi connectivity index (χ2v) is 4.31. The van der Waals surface area contributed by atoms with Crippen molar-refractivity contribution in [3.8, 4) is 0 Å². The van der Waals surface area contributed by atoms with E-state index in [0.29, 0.717) is 6.54 Å². The highest BCUT2D eigenvalue weighted by molar-refractivity contribution is 5.96. The van der Waals surface area contributed by atoms with Crippen molar-refractivity contribution in [2.75, 3.05) is 17.7 Å². The molecule has 2 rings (SSSR count). The molecule has 0 fully saturated rings. The van der Waals surface area contributed by atoms with Crippen molar-refractivity contribution in [1.82, 2.24) is 4.98 Å². The summed E-state index contributed by atoms with van der Waals surface area (Å²) in [5, 5.41) is 2.89. The fourth-order valence-electron chi connectivity index (χ4n) is 1.80. The van der Waals surface area contributed by atoms with Gasteiger partial charge in [-0.05, 0) is 31.2 Å². The van der Waals surface area contributed by atoms with Crippen LogP contribution in [0.2, 0.25) is 0 Å². The first-order valence-corrected chi connectivity index (χ1v) is 6.51. The molecule has 3 N–H and O–H groups in total. The van der Waals surface area contributed by atoms with Gasteiger partial charge in [0.15, 0.2) is 0 Å². The Bertz CT molecular complexity index is 632. The molecule has 0 aliphatic rings. The molecule has 0 saturated carbocycles. The van der Waals surface area contributed by atoms with Crippen molar-refractivity contribution in [3.63, 3.8) is 0 Å². The SMILES string of the molecule is CCOC(=O)c1cc(NCc2ccccn2)c(F)cc1N. The number of ether oxygens (including phenoxy) is 1. The van der Waals surface area contributed by atoms with E-state index in [1.165, 1.54) is 6.07 Å². The van der Waals surface area contributed by atoms with E-state index in [4.69, 9.17) is 10.5 Å². The van der Waals surface area contributed by atoms with Crippen LogP contribution in [-0.4, -0.2) is 17.6 Å². The quantitative estimate of drug-likeness (QED) is 0.653. The van der Waals surface area contributed by atoms with Crippen LogP contribution in [0.1, 0.15) is 23.0 Å². The van der Waals surface area contributed by atoms with Gasteiger partial charge in [0, 0.05) is 11.9 Å². The van der Waals surface area contributed by atoms with E-state index in [9.17, 15) is 9.18 Å². The number of halogens is 1. The largest absolute Gasteiger partial charge is 0.462 e. The number of anilines is 2. The number of nitrogens with one attached hydrogen (secondary N) is 1. The molecule has 1 heterocycles. The maximum atomic E-state index is 13.9. The fourth-order valence-corrected chi connectivity index (χ4v) is 1.80.